The summed E-state index contributed by atoms with van der Waals surface area (Å²) in [5.74, 6) is -2.31. The third kappa shape index (κ3) is 3.89. The molecule has 32 heavy (non-hydrogen) atoms. The van der Waals surface area contributed by atoms with Gasteiger partial charge in [-0.1, -0.05) is 30.7 Å². The van der Waals surface area contributed by atoms with Gasteiger partial charge in [-0.25, -0.2) is 13.6 Å². The molecule has 0 saturated carbocycles. The first-order chi connectivity index (χ1) is 15.3. The van der Waals surface area contributed by atoms with Gasteiger partial charge in [0.1, 0.15) is 0 Å². The van der Waals surface area contributed by atoms with Crippen molar-refractivity contribution < 1.29 is 18.7 Å². The smallest absolute Gasteiger partial charge is 0.338 e. The highest BCUT2D eigenvalue weighted by molar-refractivity contribution is 7.98. The molecule has 9 heteroatoms. The standard InChI is InChI=1S/C23H20ClF2N3O2S/c1-3-9-28-11-14(10-27-28)29-13(2)17(15-7-8-18(24)21(26)22(15)29)12-32-19-6-4-5-16(20(19)25)23(30)31/h4-8,10-11H,3,9,12H2,1-2H3,(H,30,31). The summed E-state index contributed by atoms with van der Waals surface area (Å²) in [6.07, 6.45) is 4.44. The highest BCUT2D eigenvalue weighted by Crippen LogP contribution is 2.37. The normalized spacial score (nSPS) is 11.4. The molecule has 5 nitrogen and oxygen atoms in total. The average Bonchev–Trinajstić information content (AvgIpc) is 3.32. The topological polar surface area (TPSA) is 60.0 Å². The molecule has 0 atom stereocenters. The Hall–Kier alpha value is -2.84. The van der Waals surface area contributed by atoms with Gasteiger partial charge in [-0.2, -0.15) is 5.10 Å². The second kappa shape index (κ2) is 8.96. The fourth-order valence-electron chi connectivity index (χ4n) is 3.76. The minimum Gasteiger partial charge on any atom is -0.478 e. The summed E-state index contributed by atoms with van der Waals surface area (Å²) in [6, 6.07) is 7.52. The van der Waals surface area contributed by atoms with Gasteiger partial charge in [0.15, 0.2) is 11.6 Å². The van der Waals surface area contributed by atoms with Crippen molar-refractivity contribution >= 4 is 40.2 Å². The van der Waals surface area contributed by atoms with Gasteiger partial charge < -0.3 is 9.67 Å². The van der Waals surface area contributed by atoms with E-state index in [1.165, 1.54) is 24.3 Å². The fraction of sp³-hybridized carbons (Fsp3) is 0.217. The number of hydrogen-bond donors (Lipinski definition) is 1. The summed E-state index contributed by atoms with van der Waals surface area (Å²) in [5.41, 5.74) is 2.25. The predicted octanol–water partition coefficient (Wildman–Crippen LogP) is 6.47. The van der Waals surface area contributed by atoms with Crippen LogP contribution in [0.25, 0.3) is 16.6 Å². The van der Waals surface area contributed by atoms with Crippen LogP contribution in [0, 0.1) is 18.6 Å². The molecular formula is C23H20ClF2N3O2S. The molecule has 4 rings (SSSR count). The third-order valence-electron chi connectivity index (χ3n) is 5.29. The van der Waals surface area contributed by atoms with Gasteiger partial charge in [-0.15, -0.1) is 11.8 Å². The molecule has 0 radical (unpaired) electrons. The highest BCUT2D eigenvalue weighted by atomic mass is 35.5. The van der Waals surface area contributed by atoms with Crippen LogP contribution in [0.5, 0.6) is 0 Å². The maximum absolute atomic E-state index is 15.1. The molecule has 0 unspecified atom stereocenters. The van der Waals surface area contributed by atoms with Crippen molar-refractivity contribution in [1.29, 1.82) is 0 Å². The summed E-state index contributed by atoms with van der Waals surface area (Å²) < 4.78 is 33.3. The zero-order chi connectivity index (χ0) is 23.0. The predicted molar refractivity (Wildman–Crippen MR) is 122 cm³/mol. The molecule has 4 aromatic rings. The van der Waals surface area contributed by atoms with Crippen LogP contribution in [0.4, 0.5) is 8.78 Å². The van der Waals surface area contributed by atoms with Crippen molar-refractivity contribution in [2.24, 2.45) is 0 Å². The fourth-order valence-corrected chi connectivity index (χ4v) is 4.99. The van der Waals surface area contributed by atoms with Crippen LogP contribution < -0.4 is 0 Å². The Labute approximate surface area is 192 Å². The van der Waals surface area contributed by atoms with Gasteiger partial charge in [0, 0.05) is 34.5 Å². The summed E-state index contributed by atoms with van der Waals surface area (Å²) in [5, 5.41) is 14.2. The Kier molecular flexibility index (Phi) is 6.26. The number of aromatic carboxylic acids is 1. The van der Waals surface area contributed by atoms with E-state index in [0.29, 0.717) is 22.3 Å². The summed E-state index contributed by atoms with van der Waals surface area (Å²) in [7, 11) is 0. The first-order valence-electron chi connectivity index (χ1n) is 9.98. The van der Waals surface area contributed by atoms with E-state index in [4.69, 9.17) is 11.6 Å². The molecule has 0 spiro atoms. The number of hydrogen-bond acceptors (Lipinski definition) is 3. The van der Waals surface area contributed by atoms with Gasteiger partial charge in [0.05, 0.1) is 28.0 Å². The van der Waals surface area contributed by atoms with Crippen LogP contribution in [0.2, 0.25) is 5.02 Å². The van der Waals surface area contributed by atoms with Crippen molar-refractivity contribution in [3.05, 3.63) is 76.2 Å². The zero-order valence-corrected chi connectivity index (χ0v) is 19.0. The highest BCUT2D eigenvalue weighted by Gasteiger charge is 2.22. The molecule has 166 valence electrons. The first-order valence-corrected chi connectivity index (χ1v) is 11.3. The van der Waals surface area contributed by atoms with E-state index in [-0.39, 0.29) is 15.5 Å². The number of benzene rings is 2. The molecule has 0 aliphatic heterocycles. The first kappa shape index (κ1) is 22.4. The van der Waals surface area contributed by atoms with E-state index in [9.17, 15) is 14.3 Å². The molecule has 2 aromatic carbocycles. The number of fused-ring (bicyclic) bond motifs is 1. The number of carboxylic acids is 1. The Morgan fingerprint density at radius 3 is 2.72 bits per heavy atom. The van der Waals surface area contributed by atoms with E-state index in [1.54, 1.807) is 21.5 Å². The van der Waals surface area contributed by atoms with Crippen LogP contribution in [0.1, 0.15) is 35.0 Å². The zero-order valence-electron chi connectivity index (χ0n) is 17.4. The van der Waals surface area contributed by atoms with Crippen molar-refractivity contribution in [3.8, 4) is 5.69 Å². The number of carbonyl (C=O) groups is 1. The second-order valence-corrected chi connectivity index (χ2v) is 8.75. The molecule has 2 aromatic heterocycles. The number of thioether (sulfide) groups is 1. The number of halogens is 3. The SMILES string of the molecule is CCCn1cc(-n2c(C)c(CSc3cccc(C(=O)O)c3F)c3ccc(Cl)c(F)c32)cn1. The molecule has 2 heterocycles. The molecule has 1 N–H and O–H groups in total. The molecule has 0 aliphatic rings. The average molecular weight is 476 g/mol. The lowest BCUT2D eigenvalue weighted by Crippen LogP contribution is -2.01. The minimum absolute atomic E-state index is 0.0107. The second-order valence-electron chi connectivity index (χ2n) is 7.33. The summed E-state index contributed by atoms with van der Waals surface area (Å²) in [6.45, 7) is 4.65. The van der Waals surface area contributed by atoms with Crippen LogP contribution in [0.3, 0.4) is 0 Å². The lowest BCUT2D eigenvalue weighted by molar-refractivity contribution is 0.0691. The van der Waals surface area contributed by atoms with Crippen molar-refractivity contribution in [2.45, 2.75) is 37.5 Å². The summed E-state index contributed by atoms with van der Waals surface area (Å²) in [4.78, 5) is 11.5. The Morgan fingerprint density at radius 1 is 1.22 bits per heavy atom. The number of rotatable bonds is 7. The van der Waals surface area contributed by atoms with Gasteiger partial charge in [0.2, 0.25) is 0 Å². The molecular weight excluding hydrogens is 456 g/mol. The largest absolute Gasteiger partial charge is 0.478 e. The maximum atomic E-state index is 15.1. The monoisotopic (exact) mass is 475 g/mol. The van der Waals surface area contributed by atoms with Crippen molar-refractivity contribution in [2.75, 3.05) is 0 Å². The van der Waals surface area contributed by atoms with E-state index < -0.39 is 17.6 Å². The Balaban J connectivity index is 1.81. The number of carboxylic acid groups (broad SMARTS) is 1. The number of nitrogens with zero attached hydrogens (tertiary/aromatic N) is 3. The van der Waals surface area contributed by atoms with Crippen LogP contribution in [0.15, 0.2) is 47.6 Å². The van der Waals surface area contributed by atoms with Crippen molar-refractivity contribution in [1.82, 2.24) is 14.3 Å². The van der Waals surface area contributed by atoms with Gasteiger partial charge >= 0.3 is 5.97 Å². The number of aryl methyl sites for hydroxylation is 1. The van der Waals surface area contributed by atoms with Gasteiger partial charge in [-0.05, 0) is 37.1 Å². The van der Waals surface area contributed by atoms with Crippen LogP contribution in [-0.4, -0.2) is 25.4 Å². The lowest BCUT2D eigenvalue weighted by Gasteiger charge is -2.08. The number of aromatic nitrogens is 3. The Bertz CT molecular complexity index is 1330. The minimum atomic E-state index is -1.32. The molecule has 0 fully saturated rings. The molecule has 0 bridgehead atoms. The van der Waals surface area contributed by atoms with Crippen LogP contribution in [-0.2, 0) is 12.3 Å². The van der Waals surface area contributed by atoms with E-state index in [2.05, 4.69) is 5.10 Å². The van der Waals surface area contributed by atoms with Gasteiger partial charge in [-0.3, -0.25) is 4.68 Å². The van der Waals surface area contributed by atoms with E-state index >= 15 is 4.39 Å². The summed E-state index contributed by atoms with van der Waals surface area (Å²) >= 11 is 7.25. The van der Waals surface area contributed by atoms with E-state index in [1.807, 2.05) is 20.0 Å². The maximum Gasteiger partial charge on any atom is 0.338 e. The molecule has 0 saturated heterocycles. The van der Waals surface area contributed by atoms with Crippen LogP contribution >= 0.6 is 23.4 Å². The Morgan fingerprint density at radius 2 is 2.00 bits per heavy atom. The third-order valence-corrected chi connectivity index (χ3v) is 6.64. The van der Waals surface area contributed by atoms with Crippen molar-refractivity contribution in [3.63, 3.8) is 0 Å². The quantitative estimate of drug-likeness (QED) is 0.311. The van der Waals surface area contributed by atoms with E-state index in [0.717, 1.165) is 36.0 Å². The van der Waals surface area contributed by atoms with Gasteiger partial charge in [0.25, 0.3) is 0 Å². The molecule has 0 aliphatic carbocycles. The molecule has 0 amide bonds. The lowest BCUT2D eigenvalue weighted by atomic mass is 10.1.